The van der Waals surface area contributed by atoms with Crippen LogP contribution in [0.2, 0.25) is 0 Å². The second kappa shape index (κ2) is 2.92. The van der Waals surface area contributed by atoms with Crippen molar-refractivity contribution in [2.24, 2.45) is 4.99 Å². The smallest absolute Gasteiger partial charge is 0.0917 e. The largest absolute Gasteiger partial charge is 0.352 e. The van der Waals surface area contributed by atoms with Gasteiger partial charge in [-0.15, -0.1) is 0 Å². The average Bonchev–Trinajstić information content (AvgIpc) is 1.82. The maximum Gasteiger partial charge on any atom is 0.0917 e. The van der Waals surface area contributed by atoms with Crippen molar-refractivity contribution in [3.63, 3.8) is 0 Å². The van der Waals surface area contributed by atoms with E-state index in [1.165, 1.54) is 0 Å². The second-order valence-corrected chi connectivity index (χ2v) is 4.18. The minimum absolute atomic E-state index is 0.111. The summed E-state index contributed by atoms with van der Waals surface area (Å²) in [5.74, 6) is 0. The Morgan fingerprint density at radius 3 is 2.42 bits per heavy atom. The fourth-order valence-electron chi connectivity index (χ4n) is 1.72. The van der Waals surface area contributed by atoms with Crippen molar-refractivity contribution < 1.29 is 0 Å². The zero-order valence-corrected chi connectivity index (χ0v) is 8.63. The monoisotopic (exact) mass is 166 g/mol. The third-order valence-corrected chi connectivity index (χ3v) is 2.17. The molecule has 0 aromatic heterocycles. The van der Waals surface area contributed by atoms with Gasteiger partial charge >= 0.3 is 0 Å². The van der Waals surface area contributed by atoms with Crippen LogP contribution >= 0.6 is 0 Å². The maximum atomic E-state index is 4.29. The fourth-order valence-corrected chi connectivity index (χ4v) is 1.72. The lowest BCUT2D eigenvalue weighted by atomic mass is 9.99. The van der Waals surface area contributed by atoms with Crippen LogP contribution in [-0.4, -0.2) is 22.8 Å². The topological polar surface area (TPSA) is 15.6 Å². The molecule has 0 unspecified atom stereocenters. The molecule has 1 aliphatic rings. The van der Waals surface area contributed by atoms with Crippen molar-refractivity contribution in [3.05, 3.63) is 11.8 Å². The first kappa shape index (κ1) is 9.30. The Hall–Kier alpha value is -0.790. The van der Waals surface area contributed by atoms with Gasteiger partial charge in [0.25, 0.3) is 0 Å². The molecule has 0 aliphatic carbocycles. The number of nitrogens with zero attached hydrogens (tertiary/aromatic N) is 2. The maximum absolute atomic E-state index is 4.29. The first-order chi connectivity index (χ1) is 5.43. The summed E-state index contributed by atoms with van der Waals surface area (Å²) in [7, 11) is 0. The van der Waals surface area contributed by atoms with E-state index in [1.807, 2.05) is 13.3 Å². The Labute approximate surface area is 75.0 Å². The first-order valence-electron chi connectivity index (χ1n) is 4.45. The van der Waals surface area contributed by atoms with Crippen LogP contribution in [0.15, 0.2) is 16.8 Å². The van der Waals surface area contributed by atoms with Crippen LogP contribution in [0.4, 0.5) is 0 Å². The minimum atomic E-state index is 0.111. The molecule has 0 spiro atoms. The molecular formula is C10H18N2. The molecule has 0 radical (unpaired) electrons. The third kappa shape index (κ3) is 1.68. The lowest BCUT2D eigenvalue weighted by Crippen LogP contribution is -2.47. The van der Waals surface area contributed by atoms with Crippen molar-refractivity contribution in [2.45, 2.75) is 46.2 Å². The molecule has 0 N–H and O–H groups in total. The number of hydrogen-bond acceptors (Lipinski definition) is 2. The summed E-state index contributed by atoms with van der Waals surface area (Å²) in [5, 5.41) is 0. The van der Waals surface area contributed by atoms with E-state index < -0.39 is 0 Å². The van der Waals surface area contributed by atoms with Gasteiger partial charge in [-0.2, -0.15) is 0 Å². The van der Waals surface area contributed by atoms with Gasteiger partial charge in [0.1, 0.15) is 0 Å². The van der Waals surface area contributed by atoms with Gasteiger partial charge in [0.05, 0.1) is 11.9 Å². The summed E-state index contributed by atoms with van der Waals surface area (Å²) in [6.45, 7) is 10.8. The van der Waals surface area contributed by atoms with Crippen LogP contribution in [0, 0.1) is 0 Å². The van der Waals surface area contributed by atoms with E-state index in [0.717, 1.165) is 5.70 Å². The van der Waals surface area contributed by atoms with Crippen LogP contribution in [0.3, 0.4) is 0 Å². The van der Waals surface area contributed by atoms with Crippen molar-refractivity contribution >= 4 is 6.34 Å². The number of rotatable bonds is 1. The lowest BCUT2D eigenvalue weighted by molar-refractivity contribution is 0.227. The summed E-state index contributed by atoms with van der Waals surface area (Å²) < 4.78 is 0. The molecule has 68 valence electrons. The number of aliphatic imine (C=N–C) groups is 1. The van der Waals surface area contributed by atoms with Crippen molar-refractivity contribution in [3.8, 4) is 0 Å². The van der Waals surface area contributed by atoms with Crippen molar-refractivity contribution in [2.75, 3.05) is 0 Å². The van der Waals surface area contributed by atoms with E-state index >= 15 is 0 Å². The molecule has 1 heterocycles. The molecular weight excluding hydrogens is 148 g/mol. The molecule has 0 aromatic rings. The van der Waals surface area contributed by atoms with Crippen LogP contribution in [-0.2, 0) is 0 Å². The summed E-state index contributed by atoms with van der Waals surface area (Å²) in [6, 6.07) is 0.507. The molecule has 2 heteroatoms. The van der Waals surface area contributed by atoms with Gasteiger partial charge in [-0.1, -0.05) is 0 Å². The summed E-state index contributed by atoms with van der Waals surface area (Å²) in [6.07, 6.45) is 4.15. The molecule has 12 heavy (non-hydrogen) atoms. The van der Waals surface area contributed by atoms with Crippen LogP contribution in [0.25, 0.3) is 0 Å². The van der Waals surface area contributed by atoms with Gasteiger partial charge in [-0.25, -0.2) is 4.99 Å². The number of allylic oxidation sites excluding steroid dienone is 1. The van der Waals surface area contributed by atoms with E-state index in [2.05, 4.69) is 43.7 Å². The van der Waals surface area contributed by atoms with Gasteiger partial charge < -0.3 is 4.90 Å². The molecule has 0 fully saturated rings. The predicted octanol–water partition coefficient (Wildman–Crippen LogP) is 2.42. The van der Waals surface area contributed by atoms with Crippen LogP contribution < -0.4 is 0 Å². The van der Waals surface area contributed by atoms with Crippen molar-refractivity contribution in [1.29, 1.82) is 0 Å². The molecule has 0 saturated carbocycles. The van der Waals surface area contributed by atoms with E-state index in [9.17, 15) is 0 Å². The van der Waals surface area contributed by atoms with E-state index in [0.29, 0.717) is 6.04 Å². The highest BCUT2D eigenvalue weighted by atomic mass is 15.2. The zero-order chi connectivity index (χ0) is 9.35. The highest BCUT2D eigenvalue weighted by Crippen LogP contribution is 2.23. The quantitative estimate of drug-likeness (QED) is 0.584. The van der Waals surface area contributed by atoms with Gasteiger partial charge in [0.2, 0.25) is 0 Å². The van der Waals surface area contributed by atoms with Gasteiger partial charge in [-0.3, -0.25) is 0 Å². The molecule has 0 bridgehead atoms. The average molecular weight is 166 g/mol. The second-order valence-electron chi connectivity index (χ2n) is 4.18. The van der Waals surface area contributed by atoms with E-state index in [4.69, 9.17) is 0 Å². The molecule has 0 amide bonds. The third-order valence-electron chi connectivity index (χ3n) is 2.17. The van der Waals surface area contributed by atoms with Crippen molar-refractivity contribution in [1.82, 2.24) is 4.90 Å². The summed E-state index contributed by atoms with van der Waals surface area (Å²) in [5.41, 5.74) is 1.22. The Bertz CT molecular complexity index is 224. The highest BCUT2D eigenvalue weighted by Gasteiger charge is 2.26. The number of hydrogen-bond donors (Lipinski definition) is 0. The van der Waals surface area contributed by atoms with Gasteiger partial charge in [0.15, 0.2) is 0 Å². The Morgan fingerprint density at radius 2 is 2.00 bits per heavy atom. The minimum Gasteiger partial charge on any atom is -0.352 e. The SMILES string of the molecule is CC1=CC(C)(C)N(C(C)C)C=N1. The molecule has 2 nitrogen and oxygen atoms in total. The Kier molecular flexibility index (Phi) is 2.27. The van der Waals surface area contributed by atoms with E-state index in [-0.39, 0.29) is 5.54 Å². The summed E-state index contributed by atoms with van der Waals surface area (Å²) >= 11 is 0. The van der Waals surface area contributed by atoms with Gasteiger partial charge in [0, 0.05) is 11.7 Å². The molecule has 1 rings (SSSR count). The molecule has 1 aliphatic heterocycles. The predicted molar refractivity (Wildman–Crippen MR) is 53.3 cm³/mol. The van der Waals surface area contributed by atoms with Crippen LogP contribution in [0.5, 0.6) is 0 Å². The summed E-state index contributed by atoms with van der Waals surface area (Å²) in [4.78, 5) is 6.55. The fraction of sp³-hybridized carbons (Fsp3) is 0.700. The van der Waals surface area contributed by atoms with E-state index in [1.54, 1.807) is 0 Å². The normalized spacial score (nSPS) is 21.5. The van der Waals surface area contributed by atoms with Gasteiger partial charge in [-0.05, 0) is 40.7 Å². The first-order valence-corrected chi connectivity index (χ1v) is 4.45. The Morgan fingerprint density at radius 1 is 1.42 bits per heavy atom. The molecule has 0 saturated heterocycles. The zero-order valence-electron chi connectivity index (χ0n) is 8.63. The Balaban J connectivity index is 2.89. The standard InChI is InChI=1S/C10H18N2/c1-8(2)12-7-11-9(3)6-10(12,4)5/h6-8H,1-5H3. The lowest BCUT2D eigenvalue weighted by Gasteiger charge is -2.40. The molecule has 0 aromatic carbocycles. The molecule has 0 atom stereocenters. The van der Waals surface area contributed by atoms with Crippen LogP contribution in [0.1, 0.15) is 34.6 Å². The highest BCUT2D eigenvalue weighted by molar-refractivity contribution is 5.61.